The number of benzene rings is 1. The van der Waals surface area contributed by atoms with Crippen molar-refractivity contribution in [1.29, 1.82) is 0 Å². The standard InChI is InChI=1S/C14H20FN3O3/c1-2-6-16-13(19)10-18-14(20)17-7-8-21-12-5-3-4-11(15)9-12/h3-5,9H,2,6-8,10H2,1H3,(H,16,19)(H2,17,18,20). The number of carbonyl (C=O) groups is 2. The van der Waals surface area contributed by atoms with Gasteiger partial charge in [0.05, 0.1) is 13.1 Å². The third kappa shape index (κ3) is 7.76. The second-order valence-corrected chi connectivity index (χ2v) is 4.27. The van der Waals surface area contributed by atoms with Gasteiger partial charge in [-0.15, -0.1) is 0 Å². The molecule has 21 heavy (non-hydrogen) atoms. The van der Waals surface area contributed by atoms with Gasteiger partial charge < -0.3 is 20.7 Å². The molecule has 0 aliphatic rings. The predicted octanol–water partition coefficient (Wildman–Crippen LogP) is 1.03. The van der Waals surface area contributed by atoms with Crippen LogP contribution < -0.4 is 20.7 Å². The van der Waals surface area contributed by atoms with E-state index in [1.54, 1.807) is 12.1 Å². The molecule has 116 valence electrons. The predicted molar refractivity (Wildman–Crippen MR) is 76.6 cm³/mol. The van der Waals surface area contributed by atoms with Crippen molar-refractivity contribution >= 4 is 11.9 Å². The lowest BCUT2D eigenvalue weighted by Gasteiger charge is -2.09. The zero-order valence-corrected chi connectivity index (χ0v) is 11.9. The first-order chi connectivity index (χ1) is 10.1. The minimum Gasteiger partial charge on any atom is -0.492 e. The largest absolute Gasteiger partial charge is 0.492 e. The third-order valence-electron chi connectivity index (χ3n) is 2.43. The van der Waals surface area contributed by atoms with Crippen molar-refractivity contribution in [1.82, 2.24) is 16.0 Å². The van der Waals surface area contributed by atoms with Crippen molar-refractivity contribution in [2.24, 2.45) is 0 Å². The van der Waals surface area contributed by atoms with Gasteiger partial charge in [0.1, 0.15) is 18.2 Å². The maximum Gasteiger partial charge on any atom is 0.315 e. The van der Waals surface area contributed by atoms with Crippen molar-refractivity contribution in [3.05, 3.63) is 30.1 Å². The summed E-state index contributed by atoms with van der Waals surface area (Å²) < 4.78 is 18.1. The fourth-order valence-electron chi connectivity index (χ4n) is 1.44. The highest BCUT2D eigenvalue weighted by molar-refractivity contribution is 5.83. The summed E-state index contributed by atoms with van der Waals surface area (Å²) in [5.74, 6) is -0.213. The molecule has 0 radical (unpaired) electrons. The van der Waals surface area contributed by atoms with E-state index in [0.29, 0.717) is 12.3 Å². The number of hydrogen-bond acceptors (Lipinski definition) is 3. The van der Waals surface area contributed by atoms with Gasteiger partial charge in [0, 0.05) is 12.6 Å². The van der Waals surface area contributed by atoms with Gasteiger partial charge in [0.2, 0.25) is 5.91 Å². The van der Waals surface area contributed by atoms with Crippen LogP contribution in [-0.4, -0.2) is 38.2 Å². The van der Waals surface area contributed by atoms with Crippen LogP contribution in [0.15, 0.2) is 24.3 Å². The molecule has 0 saturated carbocycles. The first-order valence-electron chi connectivity index (χ1n) is 6.78. The average molecular weight is 297 g/mol. The number of halogens is 1. The summed E-state index contributed by atoms with van der Waals surface area (Å²) in [6.45, 7) is 2.91. The van der Waals surface area contributed by atoms with Crippen molar-refractivity contribution in [3.8, 4) is 5.75 Å². The van der Waals surface area contributed by atoms with Crippen LogP contribution in [0.5, 0.6) is 5.75 Å². The Balaban J connectivity index is 2.09. The zero-order valence-electron chi connectivity index (χ0n) is 11.9. The SMILES string of the molecule is CCCNC(=O)CNC(=O)NCCOc1cccc(F)c1. The highest BCUT2D eigenvalue weighted by atomic mass is 19.1. The van der Waals surface area contributed by atoms with Gasteiger partial charge in [-0.1, -0.05) is 13.0 Å². The van der Waals surface area contributed by atoms with Crippen molar-refractivity contribution in [2.45, 2.75) is 13.3 Å². The van der Waals surface area contributed by atoms with Crippen LogP contribution in [-0.2, 0) is 4.79 Å². The molecule has 3 N–H and O–H groups in total. The molecule has 1 aromatic rings. The Morgan fingerprint density at radius 3 is 2.71 bits per heavy atom. The molecule has 1 aromatic carbocycles. The molecule has 0 atom stereocenters. The first-order valence-corrected chi connectivity index (χ1v) is 6.78. The Morgan fingerprint density at radius 2 is 2.00 bits per heavy atom. The molecule has 0 fully saturated rings. The van der Waals surface area contributed by atoms with Crippen LogP contribution in [0.3, 0.4) is 0 Å². The molecule has 3 amide bonds. The fourth-order valence-corrected chi connectivity index (χ4v) is 1.44. The number of hydrogen-bond donors (Lipinski definition) is 3. The van der Waals surface area contributed by atoms with Gasteiger partial charge in [-0.2, -0.15) is 0 Å². The quantitative estimate of drug-likeness (QED) is 0.627. The minimum absolute atomic E-state index is 0.0728. The lowest BCUT2D eigenvalue weighted by atomic mass is 10.3. The monoisotopic (exact) mass is 297 g/mol. The second kappa shape index (κ2) is 9.57. The van der Waals surface area contributed by atoms with Crippen LogP contribution >= 0.6 is 0 Å². The number of ether oxygens (including phenoxy) is 1. The molecule has 7 heteroatoms. The number of nitrogens with one attached hydrogen (secondary N) is 3. The lowest BCUT2D eigenvalue weighted by molar-refractivity contribution is -0.120. The summed E-state index contributed by atoms with van der Waals surface area (Å²) in [4.78, 5) is 22.6. The smallest absolute Gasteiger partial charge is 0.315 e. The molecule has 0 bridgehead atoms. The van der Waals surface area contributed by atoms with Crippen molar-refractivity contribution in [2.75, 3.05) is 26.2 Å². The van der Waals surface area contributed by atoms with Crippen LogP contribution in [0.2, 0.25) is 0 Å². The van der Waals surface area contributed by atoms with E-state index in [-0.39, 0.29) is 31.4 Å². The van der Waals surface area contributed by atoms with Crippen molar-refractivity contribution < 1.29 is 18.7 Å². The number of urea groups is 1. The van der Waals surface area contributed by atoms with E-state index in [1.807, 2.05) is 6.92 Å². The number of rotatable bonds is 8. The summed E-state index contributed by atoms with van der Waals surface area (Å²) in [6.07, 6.45) is 0.843. The second-order valence-electron chi connectivity index (χ2n) is 4.27. The molecular formula is C14H20FN3O3. The van der Waals surface area contributed by atoms with E-state index in [4.69, 9.17) is 4.74 Å². The Hall–Kier alpha value is -2.31. The molecule has 0 aliphatic heterocycles. The molecule has 1 rings (SSSR count). The topological polar surface area (TPSA) is 79.5 Å². The number of amides is 3. The third-order valence-corrected chi connectivity index (χ3v) is 2.43. The molecule has 0 unspecified atom stereocenters. The molecule has 0 saturated heterocycles. The van der Waals surface area contributed by atoms with E-state index in [1.165, 1.54) is 12.1 Å². The minimum atomic E-state index is -0.454. The number of carbonyl (C=O) groups excluding carboxylic acids is 2. The molecule has 0 aromatic heterocycles. The summed E-state index contributed by atoms with van der Waals surface area (Å²) in [7, 11) is 0. The average Bonchev–Trinajstić information content (AvgIpc) is 2.47. The maximum atomic E-state index is 12.9. The zero-order chi connectivity index (χ0) is 15.5. The summed E-state index contributed by atoms with van der Waals surface area (Å²) in [6, 6.07) is 5.30. The summed E-state index contributed by atoms with van der Waals surface area (Å²) in [5, 5.41) is 7.59. The fraction of sp³-hybridized carbons (Fsp3) is 0.429. The highest BCUT2D eigenvalue weighted by Gasteiger charge is 2.04. The van der Waals surface area contributed by atoms with Gasteiger partial charge >= 0.3 is 6.03 Å². The van der Waals surface area contributed by atoms with Gasteiger partial charge in [0.15, 0.2) is 0 Å². The molecule has 0 spiro atoms. The highest BCUT2D eigenvalue weighted by Crippen LogP contribution is 2.11. The Kier molecular flexibility index (Phi) is 7.63. The van der Waals surface area contributed by atoms with Crippen LogP contribution in [0.25, 0.3) is 0 Å². The first kappa shape index (κ1) is 16.7. The van der Waals surface area contributed by atoms with Crippen LogP contribution in [0, 0.1) is 5.82 Å². The van der Waals surface area contributed by atoms with Crippen LogP contribution in [0.1, 0.15) is 13.3 Å². The summed E-state index contributed by atoms with van der Waals surface area (Å²) >= 11 is 0. The Labute approximate surface area is 123 Å². The van der Waals surface area contributed by atoms with Gasteiger partial charge in [-0.25, -0.2) is 9.18 Å². The normalized spacial score (nSPS) is 9.81. The van der Waals surface area contributed by atoms with Crippen LogP contribution in [0.4, 0.5) is 9.18 Å². The van der Waals surface area contributed by atoms with Gasteiger partial charge in [-0.05, 0) is 18.6 Å². The summed E-state index contributed by atoms with van der Waals surface area (Å²) in [5.41, 5.74) is 0. The Bertz CT molecular complexity index is 469. The van der Waals surface area contributed by atoms with Crippen molar-refractivity contribution in [3.63, 3.8) is 0 Å². The molecular weight excluding hydrogens is 277 g/mol. The van der Waals surface area contributed by atoms with E-state index in [9.17, 15) is 14.0 Å². The van der Waals surface area contributed by atoms with E-state index >= 15 is 0 Å². The van der Waals surface area contributed by atoms with Gasteiger partial charge in [-0.3, -0.25) is 4.79 Å². The van der Waals surface area contributed by atoms with E-state index in [2.05, 4.69) is 16.0 Å². The molecule has 0 aliphatic carbocycles. The maximum absolute atomic E-state index is 12.9. The van der Waals surface area contributed by atoms with Gasteiger partial charge in [0.25, 0.3) is 0 Å². The molecule has 6 nitrogen and oxygen atoms in total. The van der Waals surface area contributed by atoms with E-state index < -0.39 is 6.03 Å². The Morgan fingerprint density at radius 1 is 1.19 bits per heavy atom. The molecule has 0 heterocycles. The lowest BCUT2D eigenvalue weighted by Crippen LogP contribution is -2.43. The van der Waals surface area contributed by atoms with E-state index in [0.717, 1.165) is 6.42 Å².